The van der Waals surface area contributed by atoms with E-state index in [1.807, 2.05) is 0 Å². The fraction of sp³-hybridized carbons (Fsp3) is 0.727. The van der Waals surface area contributed by atoms with Crippen molar-refractivity contribution in [2.45, 2.75) is 0 Å². The summed E-state index contributed by atoms with van der Waals surface area (Å²) in [4.78, 5) is 16.1. The van der Waals surface area contributed by atoms with Gasteiger partial charge in [0.2, 0.25) is 5.43 Å². The second kappa shape index (κ2) is 4.07. The van der Waals surface area contributed by atoms with Crippen molar-refractivity contribution in [1.29, 1.82) is 0 Å². The maximum Gasteiger partial charge on any atom is 0.229 e. The van der Waals surface area contributed by atoms with Gasteiger partial charge in [0.1, 0.15) is 11.4 Å². The summed E-state index contributed by atoms with van der Waals surface area (Å²) >= 11 is 0. The Morgan fingerprint density at radius 3 is 1.50 bits per heavy atom. The molecule has 1 aromatic carbocycles. The molecular formula is C11H16N2O3. The van der Waals surface area contributed by atoms with E-state index in [1.165, 1.54) is 0 Å². The third-order valence-corrected chi connectivity index (χ3v) is 3.25. The first kappa shape index (κ1) is 10.1. The van der Waals surface area contributed by atoms with Crippen LogP contribution in [0.3, 0.4) is 0 Å². The molecule has 1 aromatic rings. The molecule has 88 valence electrons. The van der Waals surface area contributed by atoms with Crippen LogP contribution in [0.25, 0.3) is 0 Å². The molecule has 3 rings (SSSR count). The summed E-state index contributed by atoms with van der Waals surface area (Å²) in [5, 5.41) is 0. The van der Waals surface area contributed by atoms with E-state index in [0.717, 1.165) is 64.0 Å². The van der Waals surface area contributed by atoms with Crippen LogP contribution in [0.5, 0.6) is 0 Å². The molecule has 16 heavy (non-hydrogen) atoms. The van der Waals surface area contributed by atoms with Crippen LogP contribution in [0.1, 0.15) is 0 Å². The normalized spacial score (nSPS) is 23.0. The summed E-state index contributed by atoms with van der Waals surface area (Å²) in [6.45, 7) is 6.29. The van der Waals surface area contributed by atoms with Gasteiger partial charge in [-0.1, -0.05) is 0 Å². The largest absolute Gasteiger partial charge is 0.378 e. The molecule has 0 aromatic heterocycles. The molecule has 5 heteroatoms. The van der Waals surface area contributed by atoms with Gasteiger partial charge in [-0.2, -0.15) is 0 Å². The zero-order chi connectivity index (χ0) is 11.0. The van der Waals surface area contributed by atoms with Crippen molar-refractivity contribution in [2.24, 2.45) is 0 Å². The average molecular weight is 224 g/mol. The number of anilines is 2. The highest BCUT2D eigenvalue weighted by molar-refractivity contribution is 5.85. The van der Waals surface area contributed by atoms with E-state index in [2.05, 4.69) is 9.80 Å². The summed E-state index contributed by atoms with van der Waals surface area (Å²) in [5.74, 6) is 0. The maximum atomic E-state index is 11.8. The summed E-state index contributed by atoms with van der Waals surface area (Å²) in [6.07, 6.45) is 0. The number of morpholine rings is 2. The van der Waals surface area contributed by atoms with Gasteiger partial charge >= 0.3 is 0 Å². The Bertz CT molecular complexity index is 338. The molecule has 0 unspecified atom stereocenters. The zero-order valence-corrected chi connectivity index (χ0v) is 9.28. The molecule has 2 fully saturated rings. The second-order valence-corrected chi connectivity index (χ2v) is 4.23. The van der Waals surface area contributed by atoms with E-state index in [9.17, 15) is 4.79 Å². The van der Waals surface area contributed by atoms with Crippen LogP contribution >= 0.6 is 0 Å². The van der Waals surface area contributed by atoms with Crippen LogP contribution in [0, 0.1) is 0 Å². The molecule has 0 atom stereocenters. The topological polar surface area (TPSA) is 42.0 Å². The van der Waals surface area contributed by atoms with Gasteiger partial charge in [0.05, 0.1) is 26.4 Å². The van der Waals surface area contributed by atoms with Crippen molar-refractivity contribution in [3.63, 3.8) is 0 Å². The van der Waals surface area contributed by atoms with E-state index in [4.69, 9.17) is 9.47 Å². The Morgan fingerprint density at radius 1 is 0.750 bits per heavy atom. The standard InChI is InChI=1S/C11H16N2O3/c14-11-9(12-1-5-15-6-2-12)10(11)13-3-7-16-8-4-13/h1-8H2. The van der Waals surface area contributed by atoms with Crippen LogP contribution in [0.15, 0.2) is 4.79 Å². The van der Waals surface area contributed by atoms with Gasteiger partial charge in [0.25, 0.3) is 0 Å². The number of hydrogen-bond acceptors (Lipinski definition) is 5. The predicted octanol–water partition coefficient (Wildman–Crippen LogP) is -0.404. The van der Waals surface area contributed by atoms with Crippen molar-refractivity contribution in [3.05, 3.63) is 10.2 Å². The average Bonchev–Trinajstić information content (AvgIpc) is 3.03. The summed E-state index contributed by atoms with van der Waals surface area (Å²) in [6, 6.07) is 0. The molecule has 0 radical (unpaired) electrons. The molecule has 0 aliphatic carbocycles. The monoisotopic (exact) mass is 224 g/mol. The fourth-order valence-electron chi connectivity index (χ4n) is 2.31. The Morgan fingerprint density at radius 2 is 1.12 bits per heavy atom. The lowest BCUT2D eigenvalue weighted by Gasteiger charge is -2.28. The van der Waals surface area contributed by atoms with Crippen LogP contribution in [-0.2, 0) is 9.47 Å². The molecule has 0 amide bonds. The van der Waals surface area contributed by atoms with Crippen molar-refractivity contribution >= 4 is 11.4 Å². The van der Waals surface area contributed by atoms with Gasteiger partial charge in [-0.05, 0) is 0 Å². The van der Waals surface area contributed by atoms with E-state index in [1.54, 1.807) is 0 Å². The van der Waals surface area contributed by atoms with E-state index < -0.39 is 0 Å². The van der Waals surface area contributed by atoms with Crippen LogP contribution in [0.2, 0.25) is 0 Å². The highest BCUT2D eigenvalue weighted by Gasteiger charge is 2.33. The molecule has 0 saturated carbocycles. The quantitative estimate of drug-likeness (QED) is 0.683. The number of hydrogen-bond donors (Lipinski definition) is 0. The highest BCUT2D eigenvalue weighted by atomic mass is 16.5. The van der Waals surface area contributed by atoms with Gasteiger partial charge in [-0.3, -0.25) is 4.79 Å². The number of rotatable bonds is 2. The van der Waals surface area contributed by atoms with Crippen LogP contribution in [-0.4, -0.2) is 52.6 Å². The lowest BCUT2D eigenvalue weighted by atomic mass is 10.4. The van der Waals surface area contributed by atoms with E-state index in [0.29, 0.717) is 0 Å². The van der Waals surface area contributed by atoms with Crippen molar-refractivity contribution < 1.29 is 9.47 Å². The van der Waals surface area contributed by atoms with Gasteiger partial charge < -0.3 is 19.3 Å². The van der Waals surface area contributed by atoms with Gasteiger partial charge in [-0.15, -0.1) is 0 Å². The van der Waals surface area contributed by atoms with E-state index in [-0.39, 0.29) is 5.43 Å². The van der Waals surface area contributed by atoms with Crippen molar-refractivity contribution in [3.8, 4) is 0 Å². The zero-order valence-electron chi connectivity index (χ0n) is 9.28. The van der Waals surface area contributed by atoms with Crippen LogP contribution < -0.4 is 15.2 Å². The first-order valence-corrected chi connectivity index (χ1v) is 5.82. The molecule has 2 saturated heterocycles. The SMILES string of the molecule is O=c1c(N2CCOCC2)c1N1CCOCC1. The first-order chi connectivity index (χ1) is 7.88. The van der Waals surface area contributed by atoms with Gasteiger partial charge in [0, 0.05) is 26.2 Å². The minimum absolute atomic E-state index is 0.226. The number of nitrogens with zero attached hydrogens (tertiary/aromatic N) is 2. The summed E-state index contributed by atoms with van der Waals surface area (Å²) in [5.41, 5.74) is 2.07. The van der Waals surface area contributed by atoms with E-state index >= 15 is 0 Å². The van der Waals surface area contributed by atoms with Crippen LogP contribution in [0.4, 0.5) is 11.4 Å². The van der Waals surface area contributed by atoms with Crippen molar-refractivity contribution in [2.75, 3.05) is 62.4 Å². The Labute approximate surface area is 94.2 Å². The Hall–Kier alpha value is -1.07. The van der Waals surface area contributed by atoms with Crippen molar-refractivity contribution in [1.82, 2.24) is 0 Å². The molecule has 2 heterocycles. The molecule has 0 spiro atoms. The van der Waals surface area contributed by atoms with Gasteiger partial charge in [-0.25, -0.2) is 0 Å². The lowest BCUT2D eigenvalue weighted by Crippen LogP contribution is -2.37. The summed E-state index contributed by atoms with van der Waals surface area (Å²) in [7, 11) is 0. The lowest BCUT2D eigenvalue weighted by molar-refractivity contribution is 0.121. The molecular weight excluding hydrogens is 208 g/mol. The number of ether oxygens (including phenoxy) is 2. The maximum absolute atomic E-state index is 11.8. The molecule has 2 aliphatic rings. The molecule has 0 N–H and O–H groups in total. The minimum atomic E-state index is 0.226. The third kappa shape index (κ3) is 1.70. The Kier molecular flexibility index (Phi) is 2.57. The van der Waals surface area contributed by atoms with Gasteiger partial charge in [0.15, 0.2) is 0 Å². The molecule has 2 aliphatic heterocycles. The Balaban J connectivity index is 1.70. The minimum Gasteiger partial charge on any atom is -0.378 e. The molecule has 0 bridgehead atoms. The fourth-order valence-corrected chi connectivity index (χ4v) is 2.31. The molecule has 5 nitrogen and oxygen atoms in total. The summed E-state index contributed by atoms with van der Waals surface area (Å²) < 4.78 is 10.6. The third-order valence-electron chi connectivity index (χ3n) is 3.25. The first-order valence-electron chi connectivity index (χ1n) is 5.82. The smallest absolute Gasteiger partial charge is 0.229 e. The second-order valence-electron chi connectivity index (χ2n) is 4.23. The predicted molar refractivity (Wildman–Crippen MR) is 61.1 cm³/mol. The highest BCUT2D eigenvalue weighted by Crippen LogP contribution is 2.32.